The molecule has 0 unspecified atom stereocenters. The van der Waals surface area contributed by atoms with Gasteiger partial charge in [0, 0.05) is 10.3 Å². The van der Waals surface area contributed by atoms with Crippen molar-refractivity contribution in [3.63, 3.8) is 0 Å². The van der Waals surface area contributed by atoms with Crippen LogP contribution in [-0.4, -0.2) is 22.4 Å². The fourth-order valence-electron chi connectivity index (χ4n) is 2.41. The molecule has 112 valence electrons. The van der Waals surface area contributed by atoms with Crippen LogP contribution in [0.1, 0.15) is 28.9 Å². The van der Waals surface area contributed by atoms with Gasteiger partial charge in [0.1, 0.15) is 0 Å². The minimum absolute atomic E-state index is 0.0541. The van der Waals surface area contributed by atoms with Crippen molar-refractivity contribution < 1.29 is 4.79 Å². The van der Waals surface area contributed by atoms with E-state index in [0.29, 0.717) is 5.56 Å². The van der Waals surface area contributed by atoms with Gasteiger partial charge in [-0.05, 0) is 36.9 Å². The van der Waals surface area contributed by atoms with Crippen molar-refractivity contribution in [3.05, 3.63) is 59.8 Å². The fraction of sp³-hybridized carbons (Fsp3) is 0.176. The van der Waals surface area contributed by atoms with E-state index >= 15 is 0 Å². The molecule has 2 N–H and O–H groups in total. The highest BCUT2D eigenvalue weighted by Gasteiger charge is 2.14. The second-order valence-corrected chi connectivity index (χ2v) is 5.99. The van der Waals surface area contributed by atoms with Crippen molar-refractivity contribution in [1.82, 2.24) is 15.5 Å². The molecule has 0 spiro atoms. The molecule has 4 nitrogen and oxygen atoms in total. The number of thioether (sulfide) groups is 1. The van der Waals surface area contributed by atoms with E-state index in [-0.39, 0.29) is 11.9 Å². The summed E-state index contributed by atoms with van der Waals surface area (Å²) in [6.45, 7) is 1.99. The molecule has 0 saturated heterocycles. The molecule has 0 fully saturated rings. The molecule has 3 rings (SSSR count). The normalized spacial score (nSPS) is 12.3. The maximum absolute atomic E-state index is 12.5. The Kier molecular flexibility index (Phi) is 4.15. The highest BCUT2D eigenvalue weighted by atomic mass is 32.2. The van der Waals surface area contributed by atoms with Gasteiger partial charge in [0.15, 0.2) is 0 Å². The summed E-state index contributed by atoms with van der Waals surface area (Å²) in [4.78, 5) is 13.7. The zero-order chi connectivity index (χ0) is 15.5. The SMILES string of the molecule is CSc1ccc([C@H](C)NC(=O)c2cccc3cn[nH]c23)cc1. The third kappa shape index (κ3) is 2.85. The first-order valence-electron chi connectivity index (χ1n) is 7.06. The Balaban J connectivity index is 1.79. The van der Waals surface area contributed by atoms with E-state index in [0.717, 1.165) is 16.5 Å². The van der Waals surface area contributed by atoms with Gasteiger partial charge in [-0.2, -0.15) is 5.10 Å². The smallest absolute Gasteiger partial charge is 0.253 e. The van der Waals surface area contributed by atoms with E-state index in [1.54, 1.807) is 24.0 Å². The van der Waals surface area contributed by atoms with Gasteiger partial charge >= 0.3 is 0 Å². The van der Waals surface area contributed by atoms with Crippen LogP contribution in [0, 0.1) is 0 Å². The number of hydrogen-bond acceptors (Lipinski definition) is 3. The lowest BCUT2D eigenvalue weighted by Gasteiger charge is -2.15. The third-order valence-electron chi connectivity index (χ3n) is 3.68. The fourth-order valence-corrected chi connectivity index (χ4v) is 2.82. The highest BCUT2D eigenvalue weighted by molar-refractivity contribution is 7.98. The minimum atomic E-state index is -0.101. The monoisotopic (exact) mass is 311 g/mol. The van der Waals surface area contributed by atoms with E-state index in [2.05, 4.69) is 27.6 Å². The van der Waals surface area contributed by atoms with Crippen LogP contribution < -0.4 is 5.32 Å². The summed E-state index contributed by atoms with van der Waals surface area (Å²) in [5.74, 6) is -0.101. The van der Waals surface area contributed by atoms with Crippen LogP contribution in [0.25, 0.3) is 10.9 Å². The molecular weight excluding hydrogens is 294 g/mol. The number of aromatic amines is 1. The van der Waals surface area contributed by atoms with E-state index in [9.17, 15) is 4.79 Å². The number of nitrogens with one attached hydrogen (secondary N) is 2. The quantitative estimate of drug-likeness (QED) is 0.721. The van der Waals surface area contributed by atoms with Crippen LogP contribution >= 0.6 is 11.8 Å². The Hall–Kier alpha value is -2.27. The number of benzene rings is 2. The van der Waals surface area contributed by atoms with E-state index in [1.807, 2.05) is 37.4 Å². The number of carbonyl (C=O) groups excluding carboxylic acids is 1. The molecule has 0 radical (unpaired) electrons. The molecule has 1 amide bonds. The zero-order valence-corrected chi connectivity index (χ0v) is 13.3. The van der Waals surface area contributed by atoms with Gasteiger partial charge in [0.25, 0.3) is 5.91 Å². The summed E-state index contributed by atoms with van der Waals surface area (Å²) in [5, 5.41) is 10.9. The lowest BCUT2D eigenvalue weighted by atomic mass is 10.1. The Morgan fingerprint density at radius 2 is 2.00 bits per heavy atom. The average Bonchev–Trinajstić information content (AvgIpc) is 3.03. The van der Waals surface area contributed by atoms with Gasteiger partial charge in [-0.15, -0.1) is 11.8 Å². The number of para-hydroxylation sites is 1. The molecule has 0 aliphatic carbocycles. The molecule has 1 heterocycles. The van der Waals surface area contributed by atoms with Crippen LogP contribution in [0.4, 0.5) is 0 Å². The highest BCUT2D eigenvalue weighted by Crippen LogP contribution is 2.20. The first-order chi connectivity index (χ1) is 10.7. The minimum Gasteiger partial charge on any atom is -0.345 e. The van der Waals surface area contributed by atoms with Gasteiger partial charge < -0.3 is 5.32 Å². The summed E-state index contributed by atoms with van der Waals surface area (Å²) in [5.41, 5.74) is 2.47. The molecule has 0 aliphatic rings. The number of nitrogens with zero attached hydrogens (tertiary/aromatic N) is 1. The number of fused-ring (bicyclic) bond motifs is 1. The third-order valence-corrected chi connectivity index (χ3v) is 4.43. The van der Waals surface area contributed by atoms with E-state index in [1.165, 1.54) is 4.90 Å². The van der Waals surface area contributed by atoms with Crippen molar-refractivity contribution in [2.24, 2.45) is 0 Å². The zero-order valence-electron chi connectivity index (χ0n) is 12.5. The predicted molar refractivity (Wildman–Crippen MR) is 90.2 cm³/mol. The van der Waals surface area contributed by atoms with Crippen molar-refractivity contribution in [1.29, 1.82) is 0 Å². The molecule has 0 aliphatic heterocycles. The number of aromatic nitrogens is 2. The lowest BCUT2D eigenvalue weighted by molar-refractivity contribution is 0.0941. The summed E-state index contributed by atoms with van der Waals surface area (Å²) in [6, 6.07) is 13.8. The summed E-state index contributed by atoms with van der Waals surface area (Å²) in [7, 11) is 0. The van der Waals surface area contributed by atoms with Crippen LogP contribution in [0.2, 0.25) is 0 Å². The molecule has 22 heavy (non-hydrogen) atoms. The average molecular weight is 311 g/mol. The number of amides is 1. The van der Waals surface area contributed by atoms with Gasteiger partial charge in [-0.25, -0.2) is 0 Å². The standard InChI is InChI=1S/C17H17N3OS/c1-11(12-6-8-14(22-2)9-7-12)19-17(21)15-5-3-4-13-10-18-20-16(13)15/h3-11H,1-2H3,(H,18,20)(H,19,21)/t11-/m0/s1. The molecule has 1 aromatic heterocycles. The number of rotatable bonds is 4. The molecule has 1 atom stereocenters. The van der Waals surface area contributed by atoms with Crippen molar-refractivity contribution in [2.45, 2.75) is 17.9 Å². The molecular formula is C17H17N3OS. The van der Waals surface area contributed by atoms with Gasteiger partial charge in [0.2, 0.25) is 0 Å². The van der Waals surface area contributed by atoms with Gasteiger partial charge in [-0.3, -0.25) is 9.89 Å². The number of H-pyrrole nitrogens is 1. The van der Waals surface area contributed by atoms with Gasteiger partial charge in [0.05, 0.1) is 23.3 Å². The van der Waals surface area contributed by atoms with E-state index < -0.39 is 0 Å². The van der Waals surface area contributed by atoms with Gasteiger partial charge in [-0.1, -0.05) is 24.3 Å². The Bertz CT molecular complexity index is 795. The molecule has 2 aromatic carbocycles. The van der Waals surface area contributed by atoms with Crippen LogP contribution in [0.3, 0.4) is 0 Å². The molecule has 3 aromatic rings. The Morgan fingerprint density at radius 1 is 1.23 bits per heavy atom. The van der Waals surface area contributed by atoms with Crippen molar-refractivity contribution in [3.8, 4) is 0 Å². The lowest BCUT2D eigenvalue weighted by Crippen LogP contribution is -2.26. The van der Waals surface area contributed by atoms with Crippen LogP contribution in [-0.2, 0) is 0 Å². The van der Waals surface area contributed by atoms with Crippen molar-refractivity contribution in [2.75, 3.05) is 6.26 Å². The maximum Gasteiger partial charge on any atom is 0.253 e. The van der Waals surface area contributed by atoms with Crippen LogP contribution in [0.5, 0.6) is 0 Å². The second kappa shape index (κ2) is 6.23. The first-order valence-corrected chi connectivity index (χ1v) is 8.28. The molecule has 0 bridgehead atoms. The topological polar surface area (TPSA) is 57.8 Å². The number of hydrogen-bond donors (Lipinski definition) is 2. The Morgan fingerprint density at radius 3 is 2.73 bits per heavy atom. The summed E-state index contributed by atoms with van der Waals surface area (Å²) in [6.07, 6.45) is 3.77. The largest absolute Gasteiger partial charge is 0.345 e. The van der Waals surface area contributed by atoms with E-state index in [4.69, 9.17) is 0 Å². The first kappa shape index (κ1) is 14.7. The maximum atomic E-state index is 12.5. The Labute approximate surface area is 133 Å². The molecule has 5 heteroatoms. The second-order valence-electron chi connectivity index (χ2n) is 5.11. The summed E-state index contributed by atoms with van der Waals surface area (Å²) >= 11 is 1.70. The number of carbonyl (C=O) groups is 1. The summed E-state index contributed by atoms with van der Waals surface area (Å²) < 4.78 is 0. The van der Waals surface area contributed by atoms with Crippen LogP contribution in [0.15, 0.2) is 53.6 Å². The molecule has 0 saturated carbocycles. The van der Waals surface area contributed by atoms with Crippen molar-refractivity contribution >= 4 is 28.6 Å². The predicted octanol–water partition coefficient (Wildman–Crippen LogP) is 3.78.